The van der Waals surface area contributed by atoms with Crippen molar-refractivity contribution >= 4 is 65.9 Å². The molecule has 0 spiro atoms. The molecule has 72 valence electrons. The van der Waals surface area contributed by atoms with Crippen molar-refractivity contribution in [2.45, 2.75) is 0 Å². The predicted molar refractivity (Wildman–Crippen MR) is 62.3 cm³/mol. The Morgan fingerprint density at radius 2 is 0.333 bits per heavy atom. The molecule has 0 fully saturated rings. The van der Waals surface area contributed by atoms with Crippen molar-refractivity contribution in [3.8, 4) is 0 Å². The Morgan fingerprint density at radius 3 is 0.333 bits per heavy atom. The van der Waals surface area contributed by atoms with Crippen LogP contribution in [0, 0.1) is 0 Å². The third kappa shape index (κ3) is 110. The fourth-order valence-electron chi connectivity index (χ4n) is 0. The number of hydrogen-bond acceptors (Lipinski definition) is 0. The molecule has 0 aromatic rings. The van der Waals surface area contributed by atoms with Gasteiger partial charge in [-0.1, -0.05) is 0 Å². The van der Waals surface area contributed by atoms with E-state index in [9.17, 15) is 0 Å². The summed E-state index contributed by atoms with van der Waals surface area (Å²) in [6.45, 7) is 0. The van der Waals surface area contributed by atoms with Gasteiger partial charge in [0.1, 0.15) is 0 Å². The first-order valence-corrected chi connectivity index (χ1v) is 16.6. The van der Waals surface area contributed by atoms with Crippen LogP contribution in [0.1, 0.15) is 0 Å². The van der Waals surface area contributed by atoms with Gasteiger partial charge in [-0.05, 0) is 0 Å². The summed E-state index contributed by atoms with van der Waals surface area (Å²) in [5.74, 6) is 0. The van der Waals surface area contributed by atoms with Gasteiger partial charge in [0.2, 0.25) is 0 Å². The summed E-state index contributed by atoms with van der Waals surface area (Å²) < 4.78 is 0. The second-order valence-corrected chi connectivity index (χ2v) is 22.3. The second kappa shape index (κ2) is 18.7. The molecular formula is Co3P9. The third-order valence-electron chi connectivity index (χ3n) is 0. The molecule has 12 heteroatoms. The van der Waals surface area contributed by atoms with Gasteiger partial charge in [0, 0.05) is 0 Å². The van der Waals surface area contributed by atoms with E-state index in [2.05, 4.69) is 65.9 Å². The predicted octanol–water partition coefficient (Wildman–Crippen LogP) is 7.74. The minimum absolute atomic E-state index is 0.521. The zero-order chi connectivity index (χ0) is 10.7. The van der Waals surface area contributed by atoms with E-state index in [1.54, 1.807) is 0 Å². The quantitative estimate of drug-likeness (QED) is 0.328. The molecule has 0 aromatic heterocycles. The minimum atomic E-state index is -0.521. The van der Waals surface area contributed by atoms with Crippen molar-refractivity contribution in [1.29, 1.82) is 0 Å². The summed E-state index contributed by atoms with van der Waals surface area (Å²) in [6.07, 6.45) is 0. The summed E-state index contributed by atoms with van der Waals surface area (Å²) in [4.78, 5) is 0. The van der Waals surface area contributed by atoms with Gasteiger partial charge in [0.25, 0.3) is 0 Å². The van der Waals surface area contributed by atoms with E-state index < -0.39 is 30.9 Å². The Kier molecular flexibility index (Phi) is 35.2. The van der Waals surface area contributed by atoms with Crippen LogP contribution in [0.4, 0.5) is 0 Å². The van der Waals surface area contributed by atoms with Crippen molar-refractivity contribution in [3.05, 3.63) is 0 Å². The summed E-state index contributed by atoms with van der Waals surface area (Å²) >= 11 is 0. The average Bonchev–Trinajstić information content (AvgIpc) is 1.54. The Morgan fingerprint density at radius 1 is 0.333 bits per heavy atom. The molecule has 0 unspecified atom stereocenters. The van der Waals surface area contributed by atoms with Gasteiger partial charge in [-0.2, -0.15) is 0 Å². The monoisotopic (exact) mass is 456 g/mol. The standard InChI is InChI=1S/3Co.9P. The SMILES string of the molecule is [P]#[Co](#[P])#[P].[P]#[Co](#[P])#[P].[P]#[Co](#[P])#[P]. The van der Waals surface area contributed by atoms with Gasteiger partial charge >= 0.3 is 96.7 Å². The first kappa shape index (κ1) is 22.6. The van der Waals surface area contributed by atoms with Gasteiger partial charge in [0.05, 0.1) is 0 Å². The van der Waals surface area contributed by atoms with Gasteiger partial charge < -0.3 is 0 Å². The summed E-state index contributed by atoms with van der Waals surface area (Å²) in [7, 11) is 32.2. The van der Waals surface area contributed by atoms with Crippen LogP contribution in [0.15, 0.2) is 0 Å². The summed E-state index contributed by atoms with van der Waals surface area (Å²) in [6, 6.07) is 0. The van der Waals surface area contributed by atoms with Crippen molar-refractivity contribution in [3.63, 3.8) is 0 Å². The molecule has 0 bridgehead atoms. The molecule has 0 aliphatic carbocycles. The van der Waals surface area contributed by atoms with Gasteiger partial charge in [-0.3, -0.25) is 0 Å². The molecule has 0 amide bonds. The van der Waals surface area contributed by atoms with E-state index in [0.717, 1.165) is 0 Å². The van der Waals surface area contributed by atoms with E-state index in [1.165, 1.54) is 0 Å². The van der Waals surface area contributed by atoms with Gasteiger partial charge in [-0.25, -0.2) is 0 Å². The van der Waals surface area contributed by atoms with Crippen LogP contribution < -0.4 is 0 Å². The molecule has 0 aliphatic rings. The van der Waals surface area contributed by atoms with E-state index in [0.29, 0.717) is 0 Å². The first-order chi connectivity index (χ1) is 5.20. The van der Waals surface area contributed by atoms with Crippen LogP contribution in [0.5, 0.6) is 0 Å². The van der Waals surface area contributed by atoms with Gasteiger partial charge in [-0.15, -0.1) is 0 Å². The van der Waals surface area contributed by atoms with Crippen LogP contribution in [0.25, 0.3) is 0 Å². The molecular weight excluding hydrogens is 456 g/mol. The molecule has 0 aromatic carbocycles. The van der Waals surface area contributed by atoms with Crippen molar-refractivity contribution in [2.24, 2.45) is 0 Å². The molecule has 0 nitrogen and oxygen atoms in total. The van der Waals surface area contributed by atoms with E-state index in [4.69, 9.17) is 0 Å². The number of rotatable bonds is 0. The van der Waals surface area contributed by atoms with Gasteiger partial charge in [0.15, 0.2) is 0 Å². The molecule has 0 atom stereocenters. The second-order valence-electron chi connectivity index (χ2n) is 0.600. The van der Waals surface area contributed by atoms with E-state index in [1.807, 2.05) is 0 Å². The van der Waals surface area contributed by atoms with Crippen LogP contribution in [-0.2, 0) is 30.9 Å². The van der Waals surface area contributed by atoms with Crippen molar-refractivity contribution in [2.75, 3.05) is 0 Å². The molecule has 0 N–H and O–H groups in total. The zero-order valence-corrected chi connectivity index (χ0v) is 16.2. The van der Waals surface area contributed by atoms with E-state index >= 15 is 0 Å². The van der Waals surface area contributed by atoms with Crippen LogP contribution >= 0.6 is 65.9 Å². The normalized spacial score (nSPS) is 5.25. The average molecular weight is 456 g/mol. The Labute approximate surface area is 95.4 Å². The zero-order valence-electron chi connectivity index (χ0n) is 5.02. The Hall–Kier alpha value is 5.39. The molecule has 0 aliphatic heterocycles. The fraction of sp³-hybridized carbons (Fsp3) is 0. The first-order valence-electron chi connectivity index (χ1n) is 1.34. The molecule has 0 radical (unpaired) electrons. The third-order valence-corrected chi connectivity index (χ3v) is 0. The van der Waals surface area contributed by atoms with E-state index in [-0.39, 0.29) is 0 Å². The fourth-order valence-corrected chi connectivity index (χ4v) is 0. The molecule has 0 saturated carbocycles. The maximum absolute atomic E-state index is 3.76. The van der Waals surface area contributed by atoms with Crippen LogP contribution in [0.3, 0.4) is 0 Å². The molecule has 0 rings (SSSR count). The molecule has 12 heavy (non-hydrogen) atoms. The summed E-state index contributed by atoms with van der Waals surface area (Å²) in [5, 5.41) is 0. The Bertz CT molecular complexity index is 827. The van der Waals surface area contributed by atoms with Crippen LogP contribution in [0.2, 0.25) is 0 Å². The van der Waals surface area contributed by atoms with Crippen molar-refractivity contribution in [1.82, 2.24) is 0 Å². The summed E-state index contributed by atoms with van der Waals surface area (Å²) in [5.41, 5.74) is 0. The topological polar surface area (TPSA) is 0 Å². The van der Waals surface area contributed by atoms with Crippen molar-refractivity contribution < 1.29 is 30.9 Å². The molecule has 0 saturated heterocycles. The van der Waals surface area contributed by atoms with Crippen LogP contribution in [-0.4, -0.2) is 0 Å². The molecule has 0 heterocycles. The maximum atomic E-state index is 3.76. The number of hydrogen-bond donors (Lipinski definition) is 0. The Balaban J connectivity index is -0.000000101.